The van der Waals surface area contributed by atoms with E-state index in [0.717, 1.165) is 42.1 Å². The lowest BCUT2D eigenvalue weighted by Crippen LogP contribution is -2.59. The van der Waals surface area contributed by atoms with Crippen molar-refractivity contribution in [3.05, 3.63) is 95.7 Å². The molecule has 1 unspecified atom stereocenters. The Kier molecular flexibility index (Phi) is 6.84. The van der Waals surface area contributed by atoms with E-state index in [9.17, 15) is 9.59 Å². The molecule has 1 fully saturated rings. The van der Waals surface area contributed by atoms with Crippen LogP contribution in [-0.2, 0) is 16.6 Å². The number of hydrogen-bond donors (Lipinski definition) is 4. The molecular formula is C32H34N6O2. The van der Waals surface area contributed by atoms with Crippen molar-refractivity contribution in [1.29, 1.82) is 0 Å². The Morgan fingerprint density at radius 2 is 1.68 bits per heavy atom. The molecule has 4 N–H and O–H groups in total. The Morgan fingerprint density at radius 1 is 0.925 bits per heavy atom. The van der Waals surface area contributed by atoms with Gasteiger partial charge < -0.3 is 15.6 Å². The molecule has 0 aliphatic heterocycles. The number of aromatic amines is 2. The molecule has 2 amide bonds. The van der Waals surface area contributed by atoms with Gasteiger partial charge in [-0.1, -0.05) is 67.8 Å². The second kappa shape index (κ2) is 10.6. The monoisotopic (exact) mass is 534 g/mol. The van der Waals surface area contributed by atoms with Crippen molar-refractivity contribution in [2.45, 2.75) is 56.4 Å². The number of aromatic nitrogens is 4. The van der Waals surface area contributed by atoms with Gasteiger partial charge in [0.1, 0.15) is 16.6 Å². The first-order valence-electron chi connectivity index (χ1n) is 14.0. The van der Waals surface area contributed by atoms with E-state index in [1.807, 2.05) is 43.5 Å². The topological polar surface area (TPSA) is 116 Å². The Bertz CT molecular complexity index is 1650. The van der Waals surface area contributed by atoms with Gasteiger partial charge >= 0.3 is 0 Å². The molecule has 2 aromatic heterocycles. The summed E-state index contributed by atoms with van der Waals surface area (Å²) in [6, 6.07) is 23.7. The van der Waals surface area contributed by atoms with E-state index in [0.29, 0.717) is 29.6 Å². The van der Waals surface area contributed by atoms with Crippen LogP contribution in [0.25, 0.3) is 21.9 Å². The smallest absolute Gasteiger partial charge is 0.252 e. The molecule has 0 radical (unpaired) electrons. The molecule has 0 spiro atoms. The minimum atomic E-state index is -1.20. The highest BCUT2D eigenvalue weighted by atomic mass is 16.2. The molecule has 1 aliphatic carbocycles. The van der Waals surface area contributed by atoms with Crippen LogP contribution in [0.4, 0.5) is 0 Å². The second-order valence-electron chi connectivity index (χ2n) is 11.2. The van der Waals surface area contributed by atoms with Crippen molar-refractivity contribution in [3.8, 4) is 0 Å². The van der Waals surface area contributed by atoms with Crippen molar-refractivity contribution < 1.29 is 9.59 Å². The second-order valence-corrected chi connectivity index (χ2v) is 11.2. The van der Waals surface area contributed by atoms with Crippen LogP contribution in [0.15, 0.2) is 79.0 Å². The minimum Gasteiger partial charge on any atom is -0.361 e. The first kappa shape index (κ1) is 25.8. The number of fused-ring (bicyclic) bond motifs is 2. The molecule has 40 heavy (non-hydrogen) atoms. The summed E-state index contributed by atoms with van der Waals surface area (Å²) in [6.45, 7) is 2.34. The standard InChI is InChI=1S/C32H34N6O2/c1-31(19-23-20-33-26-13-7-6-12-25(23)26,35-29(39)22-14-15-27-28(18-22)37-38-36-27)30(40)34-21-32(16-8-3-9-17-32)24-10-4-2-5-11-24/h2,4-7,10-15,18,20,33H,3,8-9,16-17,19,21H2,1H3,(H,34,40)(H,35,39)(H,36,37,38). The van der Waals surface area contributed by atoms with E-state index < -0.39 is 5.54 Å². The average Bonchev–Trinajstić information content (AvgIpc) is 3.63. The van der Waals surface area contributed by atoms with Crippen LogP contribution in [0, 0.1) is 0 Å². The van der Waals surface area contributed by atoms with Crippen LogP contribution < -0.4 is 10.6 Å². The Hall–Kier alpha value is -4.46. The quantitative estimate of drug-likeness (QED) is 0.219. The summed E-state index contributed by atoms with van der Waals surface area (Å²) in [5.41, 5.74) is 3.61. The molecule has 1 aliphatic rings. The zero-order chi connectivity index (χ0) is 27.6. The van der Waals surface area contributed by atoms with Gasteiger partial charge in [-0.15, -0.1) is 0 Å². The molecule has 2 heterocycles. The van der Waals surface area contributed by atoms with Gasteiger partial charge in [0, 0.05) is 41.0 Å². The number of carbonyl (C=O) groups excluding carboxylic acids is 2. The van der Waals surface area contributed by atoms with E-state index >= 15 is 0 Å². The summed E-state index contributed by atoms with van der Waals surface area (Å²) >= 11 is 0. The maximum absolute atomic E-state index is 14.1. The summed E-state index contributed by atoms with van der Waals surface area (Å²) in [6.07, 6.45) is 7.81. The van der Waals surface area contributed by atoms with Gasteiger partial charge in [-0.2, -0.15) is 15.4 Å². The molecule has 204 valence electrons. The molecule has 0 bridgehead atoms. The summed E-state index contributed by atoms with van der Waals surface area (Å²) in [4.78, 5) is 31.0. The van der Waals surface area contributed by atoms with E-state index in [2.05, 4.69) is 55.3 Å². The van der Waals surface area contributed by atoms with E-state index in [-0.39, 0.29) is 17.2 Å². The lowest BCUT2D eigenvalue weighted by Gasteiger charge is -2.39. The van der Waals surface area contributed by atoms with Crippen molar-refractivity contribution in [2.75, 3.05) is 6.54 Å². The van der Waals surface area contributed by atoms with Crippen molar-refractivity contribution >= 4 is 33.8 Å². The number of nitrogens with one attached hydrogen (secondary N) is 4. The number of H-pyrrole nitrogens is 2. The molecule has 5 aromatic rings. The molecule has 1 atom stereocenters. The number of hydrogen-bond acceptors (Lipinski definition) is 4. The third-order valence-electron chi connectivity index (χ3n) is 8.47. The molecule has 1 saturated carbocycles. The van der Waals surface area contributed by atoms with Crippen molar-refractivity contribution in [2.24, 2.45) is 0 Å². The van der Waals surface area contributed by atoms with Crippen LogP contribution in [0.2, 0.25) is 0 Å². The third kappa shape index (κ3) is 4.97. The number of nitrogens with zero attached hydrogens (tertiary/aromatic N) is 2. The average molecular weight is 535 g/mol. The maximum atomic E-state index is 14.1. The van der Waals surface area contributed by atoms with Gasteiger partial charge in [0.05, 0.1) is 0 Å². The highest BCUT2D eigenvalue weighted by Gasteiger charge is 2.39. The highest BCUT2D eigenvalue weighted by molar-refractivity contribution is 6.01. The van der Waals surface area contributed by atoms with E-state index in [1.165, 1.54) is 12.0 Å². The summed E-state index contributed by atoms with van der Waals surface area (Å²) in [7, 11) is 0. The van der Waals surface area contributed by atoms with Gasteiger partial charge in [-0.05, 0) is 55.2 Å². The fourth-order valence-electron chi connectivity index (χ4n) is 6.18. The van der Waals surface area contributed by atoms with Crippen LogP contribution in [0.3, 0.4) is 0 Å². The van der Waals surface area contributed by atoms with Gasteiger partial charge in [0.25, 0.3) is 5.91 Å². The molecule has 8 nitrogen and oxygen atoms in total. The normalized spacial score (nSPS) is 16.4. The van der Waals surface area contributed by atoms with Crippen LogP contribution in [-0.4, -0.2) is 44.3 Å². The van der Waals surface area contributed by atoms with E-state index in [4.69, 9.17) is 0 Å². The predicted octanol–water partition coefficient (Wildman–Crippen LogP) is 5.19. The zero-order valence-corrected chi connectivity index (χ0v) is 22.7. The third-order valence-corrected chi connectivity index (χ3v) is 8.47. The lowest BCUT2D eigenvalue weighted by molar-refractivity contribution is -0.127. The number of amides is 2. The zero-order valence-electron chi connectivity index (χ0n) is 22.7. The van der Waals surface area contributed by atoms with Gasteiger partial charge in [-0.25, -0.2) is 0 Å². The summed E-state index contributed by atoms with van der Waals surface area (Å²) in [5, 5.41) is 18.2. The Labute approximate surface area is 232 Å². The fraction of sp³-hybridized carbons (Fsp3) is 0.312. The SMILES string of the molecule is CC(Cc1c[nH]c2ccccc12)(NC(=O)c1ccc2n[nH]nc2c1)C(=O)NCC1(c2ccccc2)CCCCC1. The largest absolute Gasteiger partial charge is 0.361 e. The van der Waals surface area contributed by atoms with Crippen LogP contribution >= 0.6 is 0 Å². The summed E-state index contributed by atoms with van der Waals surface area (Å²) < 4.78 is 0. The molecule has 0 saturated heterocycles. The lowest BCUT2D eigenvalue weighted by atomic mass is 9.69. The maximum Gasteiger partial charge on any atom is 0.252 e. The van der Waals surface area contributed by atoms with Crippen molar-refractivity contribution in [1.82, 2.24) is 31.0 Å². The number of carbonyl (C=O) groups is 2. The highest BCUT2D eigenvalue weighted by Crippen LogP contribution is 2.39. The summed E-state index contributed by atoms with van der Waals surface area (Å²) in [5.74, 6) is -0.535. The van der Waals surface area contributed by atoms with Crippen LogP contribution in [0.5, 0.6) is 0 Å². The first-order valence-corrected chi connectivity index (χ1v) is 14.0. The minimum absolute atomic E-state index is 0.112. The van der Waals surface area contributed by atoms with Gasteiger partial charge in [0.15, 0.2) is 0 Å². The van der Waals surface area contributed by atoms with E-state index in [1.54, 1.807) is 18.2 Å². The fourth-order valence-corrected chi connectivity index (χ4v) is 6.18. The number of para-hydroxylation sites is 1. The molecular weight excluding hydrogens is 500 g/mol. The van der Waals surface area contributed by atoms with Crippen molar-refractivity contribution in [3.63, 3.8) is 0 Å². The van der Waals surface area contributed by atoms with Crippen LogP contribution in [0.1, 0.15) is 60.5 Å². The van der Waals surface area contributed by atoms with Gasteiger partial charge in [0.2, 0.25) is 5.91 Å². The predicted molar refractivity (Wildman–Crippen MR) is 156 cm³/mol. The molecule has 6 rings (SSSR count). The Balaban J connectivity index is 1.29. The first-order chi connectivity index (χ1) is 19.5. The number of benzene rings is 3. The number of rotatable bonds is 8. The molecule has 8 heteroatoms. The van der Waals surface area contributed by atoms with Gasteiger partial charge in [-0.3, -0.25) is 9.59 Å². The Morgan fingerprint density at radius 3 is 2.50 bits per heavy atom. The molecule has 3 aromatic carbocycles.